The van der Waals surface area contributed by atoms with E-state index in [0.717, 1.165) is 31.4 Å². The van der Waals surface area contributed by atoms with Crippen LogP contribution in [0.3, 0.4) is 0 Å². The van der Waals surface area contributed by atoms with Gasteiger partial charge in [-0.3, -0.25) is 19.2 Å². The van der Waals surface area contributed by atoms with Crippen molar-refractivity contribution in [3.05, 3.63) is 35.7 Å². The molecule has 1 aromatic carbocycles. The Labute approximate surface area is 208 Å². The van der Waals surface area contributed by atoms with Crippen LogP contribution in [-0.2, 0) is 16.8 Å². The second kappa shape index (κ2) is 9.55. The van der Waals surface area contributed by atoms with Gasteiger partial charge in [0.05, 0.1) is 32.1 Å². The number of carbonyl (C=O) groups is 2. The number of carbonyl (C=O) groups excluding carboxylic acids is 2. The lowest BCUT2D eigenvalue weighted by molar-refractivity contribution is -0.127. The van der Waals surface area contributed by atoms with Gasteiger partial charge in [-0.1, -0.05) is 46.5 Å². The molecule has 35 heavy (non-hydrogen) atoms. The molecule has 1 N–H and O–H groups in total. The van der Waals surface area contributed by atoms with Crippen molar-refractivity contribution in [3.8, 4) is 11.5 Å². The summed E-state index contributed by atoms with van der Waals surface area (Å²) in [6.07, 6.45) is 6.54. The molecule has 8 heteroatoms. The van der Waals surface area contributed by atoms with Crippen LogP contribution in [0, 0.1) is 0 Å². The molecule has 0 bridgehead atoms. The molecule has 2 aromatic rings. The molecule has 1 saturated carbocycles. The fourth-order valence-corrected chi connectivity index (χ4v) is 5.04. The van der Waals surface area contributed by atoms with E-state index >= 15 is 0 Å². The topological polar surface area (TPSA) is 85.7 Å². The summed E-state index contributed by atoms with van der Waals surface area (Å²) in [4.78, 5) is 29.6. The number of aromatic nitrogens is 2. The van der Waals surface area contributed by atoms with Crippen molar-refractivity contribution < 1.29 is 19.1 Å². The van der Waals surface area contributed by atoms with Crippen molar-refractivity contribution in [2.24, 2.45) is 0 Å². The Hall–Kier alpha value is -3.03. The van der Waals surface area contributed by atoms with Crippen molar-refractivity contribution in [1.29, 1.82) is 0 Å². The number of benzene rings is 1. The van der Waals surface area contributed by atoms with E-state index in [1.807, 2.05) is 13.0 Å². The molecule has 0 radical (unpaired) electrons. The lowest BCUT2D eigenvalue weighted by Crippen LogP contribution is -2.65. The third-order valence-electron chi connectivity index (χ3n) is 7.20. The third kappa shape index (κ3) is 4.88. The molecule has 2 amide bonds. The molecule has 1 aromatic heterocycles. The average molecular weight is 483 g/mol. The number of methoxy groups -OCH3 is 2. The highest BCUT2D eigenvalue weighted by Crippen LogP contribution is 2.38. The van der Waals surface area contributed by atoms with Gasteiger partial charge in [-0.05, 0) is 25.8 Å². The number of hydrogen-bond acceptors (Lipinski definition) is 5. The normalized spacial score (nSPS) is 21.3. The number of rotatable bonds is 5. The molecule has 1 fully saturated rings. The summed E-state index contributed by atoms with van der Waals surface area (Å²) in [5.41, 5.74) is 0.422. The van der Waals surface area contributed by atoms with Gasteiger partial charge in [-0.25, -0.2) is 0 Å². The average Bonchev–Trinajstić information content (AvgIpc) is 3.09. The first kappa shape index (κ1) is 25.1. The second-order valence-corrected chi connectivity index (χ2v) is 11.0. The number of nitrogens with one attached hydrogen (secondary N) is 1. The first-order valence-electron chi connectivity index (χ1n) is 12.5. The summed E-state index contributed by atoms with van der Waals surface area (Å²) in [6.45, 7) is 8.27. The van der Waals surface area contributed by atoms with Crippen LogP contribution in [-0.4, -0.2) is 47.4 Å². The van der Waals surface area contributed by atoms with Gasteiger partial charge in [0, 0.05) is 29.7 Å². The number of amides is 2. The van der Waals surface area contributed by atoms with Crippen molar-refractivity contribution in [2.45, 2.75) is 89.8 Å². The minimum atomic E-state index is -1.19. The first-order valence-corrected chi connectivity index (χ1v) is 12.5. The Balaban J connectivity index is 1.80. The fraction of sp³-hybridized carbons (Fsp3) is 0.593. The SMILES string of the molecule is COc1cc(OC)cc(N2C(=O)c3cc(C(C)(C)C)nn3C[C@@]2(C)C(=O)NC2CCCCCC2)c1. The van der Waals surface area contributed by atoms with Gasteiger partial charge in [0.15, 0.2) is 0 Å². The highest BCUT2D eigenvalue weighted by molar-refractivity contribution is 6.12. The number of ether oxygens (including phenoxy) is 2. The van der Waals surface area contributed by atoms with Crippen LogP contribution in [0.2, 0.25) is 0 Å². The lowest BCUT2D eigenvalue weighted by Gasteiger charge is -2.43. The second-order valence-electron chi connectivity index (χ2n) is 11.0. The Morgan fingerprint density at radius 1 is 1.03 bits per heavy atom. The number of hydrogen-bond donors (Lipinski definition) is 1. The maximum Gasteiger partial charge on any atom is 0.277 e. The van der Waals surface area contributed by atoms with Crippen LogP contribution >= 0.6 is 0 Å². The zero-order valence-corrected chi connectivity index (χ0v) is 21.8. The molecule has 2 aliphatic rings. The minimum absolute atomic E-state index is 0.114. The van der Waals surface area contributed by atoms with Crippen LogP contribution in [0.4, 0.5) is 5.69 Å². The fourth-order valence-electron chi connectivity index (χ4n) is 5.04. The molecule has 190 valence electrons. The monoisotopic (exact) mass is 482 g/mol. The lowest BCUT2D eigenvalue weighted by atomic mass is 9.91. The summed E-state index contributed by atoms with van der Waals surface area (Å²) < 4.78 is 12.6. The molecule has 0 unspecified atom stereocenters. The van der Waals surface area contributed by atoms with E-state index in [2.05, 4.69) is 26.1 Å². The van der Waals surface area contributed by atoms with E-state index in [1.54, 1.807) is 42.0 Å². The van der Waals surface area contributed by atoms with Gasteiger partial charge < -0.3 is 14.8 Å². The van der Waals surface area contributed by atoms with E-state index < -0.39 is 5.54 Å². The molecule has 1 aliphatic heterocycles. The Kier molecular flexibility index (Phi) is 6.84. The van der Waals surface area contributed by atoms with Crippen molar-refractivity contribution in [1.82, 2.24) is 15.1 Å². The standard InChI is InChI=1S/C27H38N4O4/c1-26(2,3)23-16-22-24(32)31(19-13-20(34-5)15-21(14-19)35-6)27(4,17-30(22)29-23)25(33)28-18-11-9-7-8-10-12-18/h13-16,18H,7-12,17H2,1-6H3,(H,28,33)/t27-/m0/s1. The molecule has 1 atom stereocenters. The molecular formula is C27H38N4O4. The molecule has 4 rings (SSSR count). The van der Waals surface area contributed by atoms with Crippen LogP contribution in [0.15, 0.2) is 24.3 Å². The summed E-state index contributed by atoms with van der Waals surface area (Å²) in [5, 5.41) is 8.03. The van der Waals surface area contributed by atoms with Crippen LogP contribution in [0.5, 0.6) is 11.5 Å². The Morgan fingerprint density at radius 2 is 1.63 bits per heavy atom. The van der Waals surface area contributed by atoms with Gasteiger partial charge in [0.2, 0.25) is 5.91 Å². The van der Waals surface area contributed by atoms with Gasteiger partial charge in [-0.15, -0.1) is 0 Å². The maximum absolute atomic E-state index is 14.0. The van der Waals surface area contributed by atoms with Gasteiger partial charge in [0.25, 0.3) is 5.91 Å². The largest absolute Gasteiger partial charge is 0.497 e. The zero-order valence-electron chi connectivity index (χ0n) is 21.8. The summed E-state index contributed by atoms with van der Waals surface area (Å²) in [6, 6.07) is 7.25. The zero-order chi connectivity index (χ0) is 25.4. The van der Waals surface area contributed by atoms with Crippen molar-refractivity contribution in [3.63, 3.8) is 0 Å². The van der Waals surface area contributed by atoms with E-state index in [-0.39, 0.29) is 29.8 Å². The minimum Gasteiger partial charge on any atom is -0.497 e. The molecule has 8 nitrogen and oxygen atoms in total. The quantitative estimate of drug-likeness (QED) is 0.636. The number of anilines is 1. The molecular weight excluding hydrogens is 444 g/mol. The van der Waals surface area contributed by atoms with Crippen LogP contribution in [0.25, 0.3) is 0 Å². The summed E-state index contributed by atoms with van der Waals surface area (Å²) >= 11 is 0. The highest BCUT2D eigenvalue weighted by atomic mass is 16.5. The number of fused-ring (bicyclic) bond motifs is 1. The van der Waals surface area contributed by atoms with E-state index in [1.165, 1.54) is 12.8 Å². The van der Waals surface area contributed by atoms with Gasteiger partial charge in [-0.2, -0.15) is 5.10 Å². The van der Waals surface area contributed by atoms with Gasteiger partial charge in [0.1, 0.15) is 22.7 Å². The maximum atomic E-state index is 14.0. The van der Waals surface area contributed by atoms with E-state index in [0.29, 0.717) is 22.9 Å². The third-order valence-corrected chi connectivity index (χ3v) is 7.20. The van der Waals surface area contributed by atoms with Crippen LogP contribution < -0.4 is 19.7 Å². The van der Waals surface area contributed by atoms with Crippen molar-refractivity contribution >= 4 is 17.5 Å². The summed E-state index contributed by atoms with van der Waals surface area (Å²) in [7, 11) is 3.14. The Bertz CT molecular complexity index is 1070. The predicted octanol–water partition coefficient (Wildman–Crippen LogP) is 4.46. The van der Waals surface area contributed by atoms with E-state index in [9.17, 15) is 9.59 Å². The molecule has 0 saturated heterocycles. The first-order chi connectivity index (χ1) is 16.6. The van der Waals surface area contributed by atoms with Gasteiger partial charge >= 0.3 is 0 Å². The molecule has 2 heterocycles. The van der Waals surface area contributed by atoms with Crippen molar-refractivity contribution in [2.75, 3.05) is 19.1 Å². The van der Waals surface area contributed by atoms with Crippen LogP contribution in [0.1, 0.15) is 82.4 Å². The Morgan fingerprint density at radius 3 is 2.17 bits per heavy atom. The van der Waals surface area contributed by atoms with E-state index in [4.69, 9.17) is 14.6 Å². The number of nitrogens with zero attached hydrogens (tertiary/aromatic N) is 3. The molecule has 1 aliphatic carbocycles. The predicted molar refractivity (Wildman–Crippen MR) is 135 cm³/mol. The molecule has 0 spiro atoms. The smallest absolute Gasteiger partial charge is 0.277 e. The summed E-state index contributed by atoms with van der Waals surface area (Å²) in [5.74, 6) is 0.660. The highest BCUT2D eigenvalue weighted by Gasteiger charge is 2.49.